The van der Waals surface area contributed by atoms with Crippen molar-refractivity contribution in [3.05, 3.63) is 34.3 Å². The van der Waals surface area contributed by atoms with Crippen molar-refractivity contribution in [3.8, 4) is 0 Å². The number of halogens is 1. The van der Waals surface area contributed by atoms with Gasteiger partial charge in [-0.25, -0.2) is 0 Å². The Bertz CT molecular complexity index is 419. The Labute approximate surface area is 99.6 Å². The van der Waals surface area contributed by atoms with E-state index in [1.54, 1.807) is 23.1 Å². The summed E-state index contributed by atoms with van der Waals surface area (Å²) in [5, 5.41) is 10.0. The second kappa shape index (κ2) is 4.44. The van der Waals surface area contributed by atoms with Crippen LogP contribution in [0.2, 0.25) is 5.02 Å². The lowest BCUT2D eigenvalue weighted by atomic mass is 10.1. The van der Waals surface area contributed by atoms with Crippen LogP contribution in [0.25, 0.3) is 0 Å². The molecular weight excluding hydrogens is 226 g/mol. The maximum Gasteiger partial charge on any atom is 0.253 e. The predicted molar refractivity (Wildman–Crippen MR) is 62.7 cm³/mol. The number of benzene rings is 1. The number of β-amino-alcohol motifs (C(OH)–C–C–N with tert-alkyl or cyclic N) is 1. The Balaban J connectivity index is 2.18. The Kier molecular flexibility index (Phi) is 3.17. The highest BCUT2D eigenvalue weighted by molar-refractivity contribution is 6.31. The Hall–Kier alpha value is -1.06. The van der Waals surface area contributed by atoms with Gasteiger partial charge in [0.2, 0.25) is 0 Å². The van der Waals surface area contributed by atoms with Crippen LogP contribution in [-0.2, 0) is 0 Å². The molecular formula is C12H14ClNO2. The molecule has 0 spiro atoms. The van der Waals surface area contributed by atoms with E-state index in [9.17, 15) is 9.90 Å². The van der Waals surface area contributed by atoms with Gasteiger partial charge in [-0.3, -0.25) is 4.79 Å². The van der Waals surface area contributed by atoms with Crippen LogP contribution in [0.1, 0.15) is 22.3 Å². The fraction of sp³-hybridized carbons (Fsp3) is 0.417. The highest BCUT2D eigenvalue weighted by atomic mass is 35.5. The fourth-order valence-corrected chi connectivity index (χ4v) is 2.00. The number of hydrogen-bond acceptors (Lipinski definition) is 2. The molecule has 1 saturated heterocycles. The summed E-state index contributed by atoms with van der Waals surface area (Å²) < 4.78 is 0. The Morgan fingerprint density at radius 3 is 2.88 bits per heavy atom. The highest BCUT2D eigenvalue weighted by Crippen LogP contribution is 2.19. The molecule has 1 atom stereocenters. The monoisotopic (exact) mass is 239 g/mol. The van der Waals surface area contributed by atoms with Crippen LogP contribution in [0, 0.1) is 6.92 Å². The number of likely N-dealkylation sites (tertiary alicyclic amines) is 1. The van der Waals surface area contributed by atoms with Gasteiger partial charge in [-0.15, -0.1) is 0 Å². The standard InChI is InChI=1S/C12H14ClNO2/c1-8-6-9(2-3-11(8)13)12(16)14-5-4-10(15)7-14/h2-3,6,10,15H,4-5,7H2,1H3/t10-/m1/s1. The van der Waals surface area contributed by atoms with Crippen LogP contribution in [0.5, 0.6) is 0 Å². The molecule has 1 aliphatic heterocycles. The summed E-state index contributed by atoms with van der Waals surface area (Å²) in [5.41, 5.74) is 1.53. The van der Waals surface area contributed by atoms with Crippen molar-refractivity contribution < 1.29 is 9.90 Å². The maximum atomic E-state index is 12.0. The minimum Gasteiger partial charge on any atom is -0.391 e. The lowest BCUT2D eigenvalue weighted by Crippen LogP contribution is -2.29. The van der Waals surface area contributed by atoms with Crippen LogP contribution >= 0.6 is 11.6 Å². The molecule has 1 amide bonds. The molecule has 1 heterocycles. The third kappa shape index (κ3) is 2.20. The average molecular weight is 240 g/mol. The minimum atomic E-state index is -0.377. The van der Waals surface area contributed by atoms with Crippen LogP contribution in [-0.4, -0.2) is 35.1 Å². The number of aliphatic hydroxyl groups excluding tert-OH is 1. The van der Waals surface area contributed by atoms with E-state index in [2.05, 4.69) is 0 Å². The van der Waals surface area contributed by atoms with Gasteiger partial charge in [0.25, 0.3) is 5.91 Å². The van der Waals surface area contributed by atoms with Crippen molar-refractivity contribution in [2.24, 2.45) is 0 Å². The summed E-state index contributed by atoms with van der Waals surface area (Å²) in [5.74, 6) is -0.0312. The Morgan fingerprint density at radius 2 is 2.31 bits per heavy atom. The molecule has 2 rings (SSSR count). The molecule has 1 aliphatic rings. The molecule has 1 N–H and O–H groups in total. The van der Waals surface area contributed by atoms with Crippen molar-refractivity contribution in [2.75, 3.05) is 13.1 Å². The highest BCUT2D eigenvalue weighted by Gasteiger charge is 2.25. The molecule has 1 fully saturated rings. The van der Waals surface area contributed by atoms with E-state index in [4.69, 9.17) is 11.6 Å². The van der Waals surface area contributed by atoms with Gasteiger partial charge >= 0.3 is 0 Å². The number of nitrogens with zero attached hydrogens (tertiary/aromatic N) is 1. The molecule has 4 heteroatoms. The molecule has 1 aromatic carbocycles. The van der Waals surface area contributed by atoms with Crippen molar-refractivity contribution in [1.29, 1.82) is 0 Å². The van der Waals surface area contributed by atoms with Gasteiger partial charge in [-0.2, -0.15) is 0 Å². The molecule has 1 aromatic rings. The normalized spacial score (nSPS) is 20.2. The summed E-state index contributed by atoms with van der Waals surface area (Å²) in [6, 6.07) is 5.24. The van der Waals surface area contributed by atoms with Crippen molar-refractivity contribution in [3.63, 3.8) is 0 Å². The molecule has 0 unspecified atom stereocenters. The summed E-state index contributed by atoms with van der Waals surface area (Å²) in [6.07, 6.45) is 0.288. The number of rotatable bonds is 1. The van der Waals surface area contributed by atoms with Gasteiger partial charge in [0.05, 0.1) is 6.10 Å². The van der Waals surface area contributed by atoms with Gasteiger partial charge in [-0.05, 0) is 37.1 Å². The molecule has 0 aromatic heterocycles. The number of aryl methyl sites for hydroxylation is 1. The fourth-order valence-electron chi connectivity index (χ4n) is 1.89. The number of carbonyl (C=O) groups is 1. The number of aliphatic hydroxyl groups is 1. The second-order valence-corrected chi connectivity index (χ2v) is 4.56. The summed E-state index contributed by atoms with van der Waals surface area (Å²) >= 11 is 5.90. The maximum absolute atomic E-state index is 12.0. The van der Waals surface area contributed by atoms with Crippen LogP contribution < -0.4 is 0 Å². The van der Waals surface area contributed by atoms with E-state index in [1.165, 1.54) is 0 Å². The van der Waals surface area contributed by atoms with E-state index < -0.39 is 0 Å². The smallest absolute Gasteiger partial charge is 0.253 e. The number of amides is 1. The van der Waals surface area contributed by atoms with Crippen LogP contribution in [0.4, 0.5) is 0 Å². The lowest BCUT2D eigenvalue weighted by Gasteiger charge is -2.15. The van der Waals surface area contributed by atoms with Crippen molar-refractivity contribution in [1.82, 2.24) is 4.90 Å². The van der Waals surface area contributed by atoms with Gasteiger partial charge in [0.1, 0.15) is 0 Å². The molecule has 0 radical (unpaired) electrons. The van der Waals surface area contributed by atoms with E-state index in [0.29, 0.717) is 30.1 Å². The molecule has 0 bridgehead atoms. The SMILES string of the molecule is Cc1cc(C(=O)N2CC[C@@H](O)C2)ccc1Cl. The summed E-state index contributed by atoms with van der Waals surface area (Å²) in [4.78, 5) is 13.7. The third-order valence-corrected chi connectivity index (χ3v) is 3.28. The van der Waals surface area contributed by atoms with E-state index in [-0.39, 0.29) is 12.0 Å². The molecule has 0 saturated carbocycles. The van der Waals surface area contributed by atoms with Crippen molar-refractivity contribution in [2.45, 2.75) is 19.4 Å². The van der Waals surface area contributed by atoms with Crippen LogP contribution in [0.15, 0.2) is 18.2 Å². The number of hydrogen-bond donors (Lipinski definition) is 1. The predicted octanol–water partition coefficient (Wildman–Crippen LogP) is 1.86. The Morgan fingerprint density at radius 1 is 1.56 bits per heavy atom. The topological polar surface area (TPSA) is 40.5 Å². The third-order valence-electron chi connectivity index (χ3n) is 2.86. The van der Waals surface area contributed by atoms with Crippen molar-refractivity contribution >= 4 is 17.5 Å². The largest absolute Gasteiger partial charge is 0.391 e. The molecule has 16 heavy (non-hydrogen) atoms. The first-order chi connectivity index (χ1) is 7.58. The second-order valence-electron chi connectivity index (χ2n) is 4.16. The quantitative estimate of drug-likeness (QED) is 0.813. The zero-order chi connectivity index (χ0) is 11.7. The van der Waals surface area contributed by atoms with E-state index >= 15 is 0 Å². The zero-order valence-electron chi connectivity index (χ0n) is 9.11. The lowest BCUT2D eigenvalue weighted by molar-refractivity contribution is 0.0765. The first kappa shape index (κ1) is 11.4. The average Bonchev–Trinajstić information content (AvgIpc) is 2.68. The van der Waals surface area contributed by atoms with Gasteiger partial charge in [0, 0.05) is 23.7 Å². The van der Waals surface area contributed by atoms with E-state index in [0.717, 1.165) is 5.56 Å². The molecule has 86 valence electrons. The first-order valence-corrected chi connectivity index (χ1v) is 5.69. The van der Waals surface area contributed by atoms with Gasteiger partial charge < -0.3 is 10.0 Å². The molecule has 0 aliphatic carbocycles. The van der Waals surface area contributed by atoms with Crippen LogP contribution in [0.3, 0.4) is 0 Å². The van der Waals surface area contributed by atoms with E-state index in [1.807, 2.05) is 6.92 Å². The first-order valence-electron chi connectivity index (χ1n) is 5.31. The van der Waals surface area contributed by atoms with Gasteiger partial charge in [0.15, 0.2) is 0 Å². The minimum absolute atomic E-state index is 0.0312. The summed E-state index contributed by atoms with van der Waals surface area (Å²) in [7, 11) is 0. The zero-order valence-corrected chi connectivity index (χ0v) is 9.87. The summed E-state index contributed by atoms with van der Waals surface area (Å²) in [6.45, 7) is 2.93. The molecule has 3 nitrogen and oxygen atoms in total. The van der Waals surface area contributed by atoms with Gasteiger partial charge in [-0.1, -0.05) is 11.6 Å². The number of carbonyl (C=O) groups excluding carboxylic acids is 1.